The van der Waals surface area contributed by atoms with Crippen LogP contribution in [0.4, 0.5) is 4.39 Å². The van der Waals surface area contributed by atoms with E-state index in [1.165, 1.54) is 24.3 Å². The van der Waals surface area contributed by atoms with Crippen molar-refractivity contribution in [3.05, 3.63) is 112 Å². The molecule has 0 atom stereocenters. The van der Waals surface area contributed by atoms with Crippen LogP contribution in [0.3, 0.4) is 0 Å². The van der Waals surface area contributed by atoms with Crippen LogP contribution in [0.25, 0.3) is 6.08 Å². The zero-order valence-electron chi connectivity index (χ0n) is 13.8. The predicted molar refractivity (Wildman–Crippen MR) is 101 cm³/mol. The maximum Gasteiger partial charge on any atom is 0.331 e. The topological polar surface area (TPSA) is 26.3 Å². The van der Waals surface area contributed by atoms with E-state index in [4.69, 9.17) is 16.3 Å². The second-order valence-electron chi connectivity index (χ2n) is 5.61. The predicted octanol–water partition coefficient (Wildman–Crippen LogP) is 5.83. The first-order valence-corrected chi connectivity index (χ1v) is 8.45. The first-order chi connectivity index (χ1) is 12.6. The second kappa shape index (κ2) is 8.45. The fourth-order valence-corrected chi connectivity index (χ4v) is 2.79. The molecule has 3 aromatic carbocycles. The number of carbonyl (C=O) groups excluding carboxylic acids is 1. The molecule has 4 heteroatoms. The number of halogens is 2. The maximum atomic E-state index is 13.8. The summed E-state index contributed by atoms with van der Waals surface area (Å²) < 4.78 is 19.4. The standard InChI is InChI=1S/C22H16ClFO2/c23-19-12-7-13-20(24)18(19)14-15-21(25)26-22(16-8-3-1-4-9-16)17-10-5-2-6-11-17/h1-15,22H/b15-14+. The van der Waals surface area contributed by atoms with Crippen molar-refractivity contribution >= 4 is 23.6 Å². The molecular weight excluding hydrogens is 351 g/mol. The van der Waals surface area contributed by atoms with Gasteiger partial charge in [0.25, 0.3) is 0 Å². The Balaban J connectivity index is 1.83. The highest BCUT2D eigenvalue weighted by molar-refractivity contribution is 6.32. The van der Waals surface area contributed by atoms with Gasteiger partial charge in [0, 0.05) is 11.6 Å². The molecule has 0 aliphatic rings. The van der Waals surface area contributed by atoms with Gasteiger partial charge in [-0.3, -0.25) is 0 Å². The lowest BCUT2D eigenvalue weighted by Gasteiger charge is -2.18. The summed E-state index contributed by atoms with van der Waals surface area (Å²) in [5, 5.41) is 0.233. The minimum absolute atomic E-state index is 0.155. The average Bonchev–Trinajstić information content (AvgIpc) is 2.67. The Morgan fingerprint density at radius 2 is 1.46 bits per heavy atom. The van der Waals surface area contributed by atoms with Crippen LogP contribution in [0.2, 0.25) is 5.02 Å². The van der Waals surface area contributed by atoms with Gasteiger partial charge in [-0.1, -0.05) is 78.3 Å². The minimum Gasteiger partial charge on any atom is -0.449 e. The summed E-state index contributed by atoms with van der Waals surface area (Å²) in [6.07, 6.45) is 1.96. The molecule has 3 rings (SSSR count). The van der Waals surface area contributed by atoms with Crippen molar-refractivity contribution in [2.75, 3.05) is 0 Å². The first-order valence-electron chi connectivity index (χ1n) is 8.08. The lowest BCUT2D eigenvalue weighted by molar-refractivity contribution is -0.141. The summed E-state index contributed by atoms with van der Waals surface area (Å²) in [7, 11) is 0. The number of hydrogen-bond donors (Lipinski definition) is 0. The smallest absolute Gasteiger partial charge is 0.331 e. The van der Waals surface area contributed by atoms with Crippen LogP contribution in [0, 0.1) is 5.82 Å². The van der Waals surface area contributed by atoms with E-state index in [-0.39, 0.29) is 10.6 Å². The Morgan fingerprint density at radius 3 is 2.00 bits per heavy atom. The molecule has 0 spiro atoms. The van der Waals surface area contributed by atoms with E-state index in [9.17, 15) is 9.18 Å². The van der Waals surface area contributed by atoms with Gasteiger partial charge in [-0.2, -0.15) is 0 Å². The van der Waals surface area contributed by atoms with Crippen LogP contribution in [0.1, 0.15) is 22.8 Å². The molecule has 0 radical (unpaired) electrons. The Hall–Kier alpha value is -2.91. The lowest BCUT2D eigenvalue weighted by atomic mass is 10.0. The van der Waals surface area contributed by atoms with E-state index in [0.29, 0.717) is 0 Å². The van der Waals surface area contributed by atoms with E-state index in [2.05, 4.69) is 0 Å². The molecule has 0 fully saturated rings. The molecule has 130 valence electrons. The molecule has 2 nitrogen and oxygen atoms in total. The summed E-state index contributed by atoms with van der Waals surface area (Å²) in [4.78, 5) is 12.3. The highest BCUT2D eigenvalue weighted by Crippen LogP contribution is 2.26. The third-order valence-corrected chi connectivity index (χ3v) is 4.15. The van der Waals surface area contributed by atoms with Crippen LogP contribution in [-0.2, 0) is 9.53 Å². The van der Waals surface area contributed by atoms with Crippen molar-refractivity contribution in [1.82, 2.24) is 0 Å². The van der Waals surface area contributed by atoms with Gasteiger partial charge in [0.05, 0.1) is 5.02 Å². The zero-order chi connectivity index (χ0) is 18.4. The zero-order valence-corrected chi connectivity index (χ0v) is 14.6. The minimum atomic E-state index is -0.581. The van der Waals surface area contributed by atoms with Gasteiger partial charge in [0.15, 0.2) is 6.10 Å². The molecular formula is C22H16ClFO2. The number of benzene rings is 3. The monoisotopic (exact) mass is 366 g/mol. The van der Waals surface area contributed by atoms with E-state index < -0.39 is 17.9 Å². The molecule has 3 aromatic rings. The van der Waals surface area contributed by atoms with Gasteiger partial charge in [-0.25, -0.2) is 9.18 Å². The maximum absolute atomic E-state index is 13.8. The number of hydrogen-bond acceptors (Lipinski definition) is 2. The van der Waals surface area contributed by atoms with Crippen molar-refractivity contribution in [2.45, 2.75) is 6.10 Å². The van der Waals surface area contributed by atoms with Crippen LogP contribution in [0.15, 0.2) is 84.9 Å². The molecule has 26 heavy (non-hydrogen) atoms. The summed E-state index contributed by atoms with van der Waals surface area (Å²) in [6.45, 7) is 0. The number of esters is 1. The number of rotatable bonds is 5. The van der Waals surface area contributed by atoms with Crippen molar-refractivity contribution in [3.8, 4) is 0 Å². The largest absolute Gasteiger partial charge is 0.449 e. The van der Waals surface area contributed by atoms with Crippen molar-refractivity contribution in [1.29, 1.82) is 0 Å². The Bertz CT molecular complexity index is 848. The summed E-state index contributed by atoms with van der Waals surface area (Å²) >= 11 is 5.97. The summed E-state index contributed by atoms with van der Waals surface area (Å²) in [6, 6.07) is 23.2. The van der Waals surface area contributed by atoms with Gasteiger partial charge in [0.1, 0.15) is 5.82 Å². The molecule has 0 unspecified atom stereocenters. The second-order valence-corrected chi connectivity index (χ2v) is 6.01. The molecule has 0 bridgehead atoms. The summed E-state index contributed by atoms with van der Waals surface area (Å²) in [5.74, 6) is -1.08. The molecule has 0 aliphatic heterocycles. The molecule has 0 aliphatic carbocycles. The Labute approximate surface area is 156 Å². The molecule has 0 saturated heterocycles. The fourth-order valence-electron chi connectivity index (χ4n) is 2.56. The van der Waals surface area contributed by atoms with Gasteiger partial charge < -0.3 is 4.74 Å². The van der Waals surface area contributed by atoms with E-state index in [1.807, 2.05) is 60.7 Å². The van der Waals surface area contributed by atoms with Crippen LogP contribution >= 0.6 is 11.6 Å². The van der Waals surface area contributed by atoms with Crippen LogP contribution in [-0.4, -0.2) is 5.97 Å². The highest BCUT2D eigenvalue weighted by atomic mass is 35.5. The molecule has 0 aromatic heterocycles. The van der Waals surface area contributed by atoms with E-state index in [1.54, 1.807) is 6.07 Å². The highest BCUT2D eigenvalue weighted by Gasteiger charge is 2.17. The Morgan fingerprint density at radius 1 is 0.885 bits per heavy atom. The van der Waals surface area contributed by atoms with Gasteiger partial charge in [-0.05, 0) is 29.3 Å². The average molecular weight is 367 g/mol. The fraction of sp³-hybridized carbons (Fsp3) is 0.0455. The molecule has 0 saturated carbocycles. The first kappa shape index (κ1) is 17.9. The SMILES string of the molecule is O=C(/C=C/c1c(F)cccc1Cl)OC(c1ccccc1)c1ccccc1. The van der Waals surface area contributed by atoms with Crippen molar-refractivity contribution in [3.63, 3.8) is 0 Å². The molecule has 0 amide bonds. The van der Waals surface area contributed by atoms with Gasteiger partial charge >= 0.3 is 5.97 Å². The van der Waals surface area contributed by atoms with Crippen LogP contribution < -0.4 is 0 Å². The van der Waals surface area contributed by atoms with Crippen LogP contribution in [0.5, 0.6) is 0 Å². The van der Waals surface area contributed by atoms with Gasteiger partial charge in [0.2, 0.25) is 0 Å². The third kappa shape index (κ3) is 4.38. The molecule has 0 N–H and O–H groups in total. The lowest BCUT2D eigenvalue weighted by Crippen LogP contribution is -2.10. The summed E-state index contributed by atoms with van der Waals surface area (Å²) in [5.41, 5.74) is 1.86. The third-order valence-electron chi connectivity index (χ3n) is 3.82. The van der Waals surface area contributed by atoms with E-state index >= 15 is 0 Å². The Kier molecular flexibility index (Phi) is 5.82. The van der Waals surface area contributed by atoms with E-state index in [0.717, 1.165) is 11.1 Å². The number of ether oxygens (including phenoxy) is 1. The normalized spacial score (nSPS) is 11.0. The number of carbonyl (C=O) groups is 1. The van der Waals surface area contributed by atoms with Crippen molar-refractivity contribution < 1.29 is 13.9 Å². The van der Waals surface area contributed by atoms with Gasteiger partial charge in [-0.15, -0.1) is 0 Å². The molecule has 0 heterocycles. The quantitative estimate of drug-likeness (QED) is 0.419. The van der Waals surface area contributed by atoms with Crippen molar-refractivity contribution in [2.24, 2.45) is 0 Å².